The number of hydrogen-bond donors (Lipinski definition) is 2. The fourth-order valence-electron chi connectivity index (χ4n) is 2.29. The average molecular weight is 325 g/mol. The molecule has 24 heavy (non-hydrogen) atoms. The van der Waals surface area contributed by atoms with E-state index >= 15 is 0 Å². The van der Waals surface area contributed by atoms with E-state index in [0.717, 1.165) is 22.8 Å². The molecule has 0 aliphatic rings. The first-order valence-electron chi connectivity index (χ1n) is 7.56. The topological polar surface area (TPSA) is 85.1 Å². The molecular weight excluding hydrogens is 306 g/mol. The molecule has 7 heteroatoms. The summed E-state index contributed by atoms with van der Waals surface area (Å²) in [6, 6.07) is 11.5. The number of nitrogens with one attached hydrogen (secondary N) is 2. The van der Waals surface area contributed by atoms with Gasteiger partial charge in [0.2, 0.25) is 5.95 Å². The van der Waals surface area contributed by atoms with Crippen LogP contribution in [0.5, 0.6) is 5.75 Å². The van der Waals surface area contributed by atoms with Crippen LogP contribution in [0.15, 0.2) is 40.9 Å². The largest absolute Gasteiger partial charge is 0.496 e. The summed E-state index contributed by atoms with van der Waals surface area (Å²) in [5, 5.41) is 10.2. The highest BCUT2D eigenvalue weighted by atomic mass is 16.5. The summed E-state index contributed by atoms with van der Waals surface area (Å²) in [4.78, 5) is 8.86. The van der Waals surface area contributed by atoms with Gasteiger partial charge in [0.25, 0.3) is 0 Å². The summed E-state index contributed by atoms with van der Waals surface area (Å²) in [5.41, 5.74) is 1.88. The highest BCUT2D eigenvalue weighted by molar-refractivity contribution is 5.53. The molecule has 0 atom stereocenters. The third kappa shape index (κ3) is 3.81. The Labute approximate surface area is 140 Å². The van der Waals surface area contributed by atoms with Gasteiger partial charge < -0.3 is 19.9 Å². The van der Waals surface area contributed by atoms with Gasteiger partial charge in [-0.05, 0) is 19.9 Å². The van der Waals surface area contributed by atoms with Crippen molar-refractivity contribution in [3.63, 3.8) is 0 Å². The van der Waals surface area contributed by atoms with E-state index in [1.807, 2.05) is 44.2 Å². The number of methoxy groups -OCH3 is 1. The molecule has 3 aromatic rings. The molecule has 0 aliphatic carbocycles. The minimum absolute atomic E-state index is 0.531. The predicted molar refractivity (Wildman–Crippen MR) is 91.6 cm³/mol. The highest BCUT2D eigenvalue weighted by Gasteiger charge is 2.07. The molecule has 0 saturated carbocycles. The maximum Gasteiger partial charge on any atom is 0.225 e. The number of aromatic nitrogens is 3. The highest BCUT2D eigenvalue weighted by Crippen LogP contribution is 2.20. The second-order valence-electron chi connectivity index (χ2n) is 5.33. The minimum atomic E-state index is 0.531. The lowest BCUT2D eigenvalue weighted by molar-refractivity contribution is 0.400. The van der Waals surface area contributed by atoms with Crippen LogP contribution in [0.1, 0.15) is 17.0 Å². The Hall–Kier alpha value is -3.09. The minimum Gasteiger partial charge on any atom is -0.496 e. The van der Waals surface area contributed by atoms with Crippen LogP contribution < -0.4 is 15.4 Å². The van der Waals surface area contributed by atoms with Crippen molar-refractivity contribution in [3.8, 4) is 5.75 Å². The maximum absolute atomic E-state index is 5.35. The SMILES string of the molecule is COc1ccccc1CNc1nc(C)cc(Nc2cc(C)on2)n1. The molecule has 0 fully saturated rings. The van der Waals surface area contributed by atoms with E-state index in [-0.39, 0.29) is 0 Å². The molecule has 0 aliphatic heterocycles. The number of anilines is 3. The Morgan fingerprint density at radius 1 is 1.08 bits per heavy atom. The molecule has 7 nitrogen and oxygen atoms in total. The third-order valence-electron chi connectivity index (χ3n) is 3.37. The zero-order chi connectivity index (χ0) is 16.9. The first kappa shape index (κ1) is 15.8. The molecule has 2 heterocycles. The lowest BCUT2D eigenvalue weighted by Crippen LogP contribution is -2.07. The molecule has 0 unspecified atom stereocenters. The Morgan fingerprint density at radius 3 is 2.67 bits per heavy atom. The molecule has 2 aromatic heterocycles. The smallest absolute Gasteiger partial charge is 0.225 e. The van der Waals surface area contributed by atoms with E-state index in [0.29, 0.717) is 24.1 Å². The summed E-state index contributed by atoms with van der Waals surface area (Å²) in [7, 11) is 1.66. The third-order valence-corrected chi connectivity index (χ3v) is 3.37. The summed E-state index contributed by atoms with van der Waals surface area (Å²) < 4.78 is 10.4. The van der Waals surface area contributed by atoms with E-state index < -0.39 is 0 Å². The fraction of sp³-hybridized carbons (Fsp3) is 0.235. The van der Waals surface area contributed by atoms with Crippen molar-refractivity contribution in [2.45, 2.75) is 20.4 Å². The normalized spacial score (nSPS) is 10.5. The van der Waals surface area contributed by atoms with Gasteiger partial charge in [-0.15, -0.1) is 0 Å². The predicted octanol–water partition coefficient (Wildman–Crippen LogP) is 3.45. The van der Waals surface area contributed by atoms with Crippen LogP contribution in [0, 0.1) is 13.8 Å². The second-order valence-corrected chi connectivity index (χ2v) is 5.33. The number of para-hydroxylation sites is 1. The zero-order valence-electron chi connectivity index (χ0n) is 13.8. The van der Waals surface area contributed by atoms with Crippen molar-refractivity contribution in [1.29, 1.82) is 0 Å². The number of aryl methyl sites for hydroxylation is 2. The van der Waals surface area contributed by atoms with E-state index in [1.54, 1.807) is 13.2 Å². The van der Waals surface area contributed by atoms with Gasteiger partial charge in [0.1, 0.15) is 17.3 Å². The van der Waals surface area contributed by atoms with Gasteiger partial charge in [0.15, 0.2) is 5.82 Å². The number of hydrogen-bond acceptors (Lipinski definition) is 7. The summed E-state index contributed by atoms with van der Waals surface area (Å²) in [6.07, 6.45) is 0. The standard InChI is InChI=1S/C17H19N5O2/c1-11-8-15(20-16-9-12(2)24-22-16)21-17(19-11)18-10-13-6-4-5-7-14(13)23-3/h4-9H,10H2,1-3H3,(H2,18,19,20,21,22). The molecule has 0 bridgehead atoms. The van der Waals surface area contributed by atoms with Crippen LogP contribution in [0.4, 0.5) is 17.6 Å². The van der Waals surface area contributed by atoms with Crippen molar-refractivity contribution in [2.24, 2.45) is 0 Å². The fourth-order valence-corrected chi connectivity index (χ4v) is 2.29. The molecule has 0 amide bonds. The van der Waals surface area contributed by atoms with Crippen LogP contribution in [-0.2, 0) is 6.54 Å². The zero-order valence-corrected chi connectivity index (χ0v) is 13.8. The first-order chi connectivity index (χ1) is 11.6. The van der Waals surface area contributed by atoms with Gasteiger partial charge in [-0.1, -0.05) is 23.4 Å². The number of nitrogens with zero attached hydrogens (tertiary/aromatic N) is 3. The molecule has 124 valence electrons. The lowest BCUT2D eigenvalue weighted by Gasteiger charge is -2.11. The van der Waals surface area contributed by atoms with Crippen LogP contribution in [-0.4, -0.2) is 22.2 Å². The van der Waals surface area contributed by atoms with E-state index in [1.165, 1.54) is 0 Å². The Kier molecular flexibility index (Phi) is 4.60. The van der Waals surface area contributed by atoms with Crippen molar-refractivity contribution < 1.29 is 9.26 Å². The molecule has 0 radical (unpaired) electrons. The van der Waals surface area contributed by atoms with Crippen molar-refractivity contribution in [1.82, 2.24) is 15.1 Å². The van der Waals surface area contributed by atoms with Gasteiger partial charge in [0, 0.05) is 29.9 Å². The number of rotatable bonds is 6. The van der Waals surface area contributed by atoms with E-state index in [9.17, 15) is 0 Å². The Balaban J connectivity index is 1.74. The van der Waals surface area contributed by atoms with E-state index in [2.05, 4.69) is 25.8 Å². The molecule has 0 saturated heterocycles. The van der Waals surface area contributed by atoms with Crippen LogP contribution >= 0.6 is 0 Å². The monoisotopic (exact) mass is 325 g/mol. The summed E-state index contributed by atoms with van der Waals surface area (Å²) in [5.74, 6) is 3.36. The van der Waals surface area contributed by atoms with Gasteiger partial charge in [-0.3, -0.25) is 0 Å². The van der Waals surface area contributed by atoms with Crippen molar-refractivity contribution >= 4 is 17.6 Å². The maximum atomic E-state index is 5.35. The summed E-state index contributed by atoms with van der Waals surface area (Å²) >= 11 is 0. The average Bonchev–Trinajstić information content (AvgIpc) is 2.97. The lowest BCUT2D eigenvalue weighted by atomic mass is 10.2. The molecule has 2 N–H and O–H groups in total. The second kappa shape index (κ2) is 6.99. The molecule has 3 rings (SSSR count). The van der Waals surface area contributed by atoms with Gasteiger partial charge in [-0.25, -0.2) is 4.98 Å². The Bertz CT molecular complexity index is 831. The molecule has 0 spiro atoms. The summed E-state index contributed by atoms with van der Waals surface area (Å²) in [6.45, 7) is 4.31. The Morgan fingerprint density at radius 2 is 1.92 bits per heavy atom. The number of ether oxygens (including phenoxy) is 1. The van der Waals surface area contributed by atoms with Crippen LogP contribution in [0.2, 0.25) is 0 Å². The van der Waals surface area contributed by atoms with Crippen molar-refractivity contribution in [2.75, 3.05) is 17.7 Å². The van der Waals surface area contributed by atoms with E-state index in [4.69, 9.17) is 9.26 Å². The van der Waals surface area contributed by atoms with Crippen LogP contribution in [0.3, 0.4) is 0 Å². The van der Waals surface area contributed by atoms with Crippen molar-refractivity contribution in [3.05, 3.63) is 53.4 Å². The molecule has 1 aromatic carbocycles. The first-order valence-corrected chi connectivity index (χ1v) is 7.56. The molecular formula is C17H19N5O2. The van der Waals surface area contributed by atoms with Gasteiger partial charge in [0.05, 0.1) is 7.11 Å². The number of benzene rings is 1. The van der Waals surface area contributed by atoms with Gasteiger partial charge in [-0.2, -0.15) is 4.98 Å². The van der Waals surface area contributed by atoms with Crippen LogP contribution in [0.25, 0.3) is 0 Å². The quantitative estimate of drug-likeness (QED) is 0.718. The van der Waals surface area contributed by atoms with Gasteiger partial charge >= 0.3 is 0 Å².